The van der Waals surface area contributed by atoms with Crippen LogP contribution >= 0.6 is 0 Å². The molecule has 1 atom stereocenters. The van der Waals surface area contributed by atoms with Gasteiger partial charge in [0.05, 0.1) is 0 Å². The molecule has 1 spiro atoms. The van der Waals surface area contributed by atoms with Crippen molar-refractivity contribution >= 4 is 0 Å². The summed E-state index contributed by atoms with van der Waals surface area (Å²) in [5.41, 5.74) is 3.97. The van der Waals surface area contributed by atoms with Crippen molar-refractivity contribution in [3.05, 3.63) is 11.1 Å². The van der Waals surface area contributed by atoms with Gasteiger partial charge in [-0.2, -0.15) is 0 Å². The molecule has 2 rings (SSSR count). The van der Waals surface area contributed by atoms with Crippen molar-refractivity contribution in [3.63, 3.8) is 0 Å². The third-order valence-corrected chi connectivity index (χ3v) is 4.82. The highest BCUT2D eigenvalue weighted by atomic mass is 15.1. The maximum absolute atomic E-state index is 2.47. The van der Waals surface area contributed by atoms with E-state index >= 15 is 0 Å². The van der Waals surface area contributed by atoms with E-state index < -0.39 is 0 Å². The molecular weight excluding hydrogens is 218 g/mol. The molecule has 1 heteroatoms. The van der Waals surface area contributed by atoms with Crippen LogP contribution in [0.2, 0.25) is 0 Å². The van der Waals surface area contributed by atoms with Gasteiger partial charge in [-0.25, -0.2) is 0 Å². The van der Waals surface area contributed by atoms with E-state index in [4.69, 9.17) is 0 Å². The van der Waals surface area contributed by atoms with Gasteiger partial charge in [0.1, 0.15) is 0 Å². The van der Waals surface area contributed by atoms with Crippen molar-refractivity contribution in [2.75, 3.05) is 20.1 Å². The molecule has 1 nitrogen and oxygen atoms in total. The molecule has 1 unspecified atom stereocenters. The van der Waals surface area contributed by atoms with Gasteiger partial charge in [0.2, 0.25) is 0 Å². The molecule has 0 N–H and O–H groups in total. The molecule has 1 aliphatic carbocycles. The summed E-state index contributed by atoms with van der Waals surface area (Å²) in [5, 5.41) is 0. The molecule has 0 aromatic carbocycles. The molecule has 0 radical (unpaired) electrons. The van der Waals surface area contributed by atoms with Crippen LogP contribution in [0.4, 0.5) is 0 Å². The van der Waals surface area contributed by atoms with Crippen LogP contribution in [0.1, 0.15) is 67.7 Å². The normalized spacial score (nSPS) is 26.3. The van der Waals surface area contributed by atoms with Crippen LogP contribution in [0.25, 0.3) is 0 Å². The zero-order chi connectivity index (χ0) is 14.3. The highest BCUT2D eigenvalue weighted by Crippen LogP contribution is 2.53. The second-order valence-corrected chi connectivity index (χ2v) is 5.47. The molecular formula is C17H35N. The Balaban J connectivity index is 0.000000659. The van der Waals surface area contributed by atoms with Crippen LogP contribution in [0.15, 0.2) is 11.1 Å². The van der Waals surface area contributed by atoms with Crippen molar-refractivity contribution in [3.8, 4) is 0 Å². The maximum atomic E-state index is 2.47. The van der Waals surface area contributed by atoms with Crippen molar-refractivity contribution in [2.24, 2.45) is 11.3 Å². The molecule has 1 fully saturated rings. The van der Waals surface area contributed by atoms with Crippen molar-refractivity contribution < 1.29 is 0 Å². The smallest absolute Gasteiger partial charge is 0.00133 e. The summed E-state index contributed by atoms with van der Waals surface area (Å²) in [7, 11) is 2.25. The fourth-order valence-corrected chi connectivity index (χ4v) is 3.49. The lowest BCUT2D eigenvalue weighted by molar-refractivity contribution is 0.114. The summed E-state index contributed by atoms with van der Waals surface area (Å²) in [5.74, 6) is 0.885. The first-order valence-corrected chi connectivity index (χ1v) is 7.91. The average molecular weight is 253 g/mol. The molecule has 2 aliphatic rings. The van der Waals surface area contributed by atoms with Crippen LogP contribution in [0.5, 0.6) is 0 Å². The van der Waals surface area contributed by atoms with Crippen LogP contribution in [-0.2, 0) is 0 Å². The average Bonchev–Trinajstić information content (AvgIpc) is 2.62. The fourth-order valence-electron chi connectivity index (χ4n) is 3.49. The van der Waals surface area contributed by atoms with E-state index in [1.165, 1.54) is 32.4 Å². The minimum Gasteiger partial charge on any atom is -0.306 e. The van der Waals surface area contributed by atoms with E-state index in [1.807, 2.05) is 27.7 Å². The monoisotopic (exact) mass is 253 g/mol. The van der Waals surface area contributed by atoms with Gasteiger partial charge in [-0.1, -0.05) is 45.8 Å². The topological polar surface area (TPSA) is 3.24 Å². The summed E-state index contributed by atoms with van der Waals surface area (Å²) in [6.45, 7) is 17.7. The van der Waals surface area contributed by atoms with Gasteiger partial charge in [0.15, 0.2) is 0 Å². The Morgan fingerprint density at radius 3 is 1.78 bits per heavy atom. The van der Waals surface area contributed by atoms with E-state index in [-0.39, 0.29) is 0 Å². The molecule has 0 aromatic rings. The highest BCUT2D eigenvalue weighted by Gasteiger charge is 2.44. The van der Waals surface area contributed by atoms with Crippen LogP contribution in [0.3, 0.4) is 0 Å². The Morgan fingerprint density at radius 2 is 1.44 bits per heavy atom. The predicted octanol–water partition coefficient (Wildman–Crippen LogP) is 5.13. The molecule has 0 saturated carbocycles. The van der Waals surface area contributed by atoms with Gasteiger partial charge < -0.3 is 4.90 Å². The summed E-state index contributed by atoms with van der Waals surface area (Å²) in [4.78, 5) is 2.47. The third kappa shape index (κ3) is 3.38. The number of nitrogens with zero attached hydrogens (tertiary/aromatic N) is 1. The number of allylic oxidation sites excluding steroid dienone is 2. The number of piperidine rings is 1. The van der Waals surface area contributed by atoms with Gasteiger partial charge in [0.25, 0.3) is 0 Å². The second kappa shape index (κ2) is 7.99. The number of hydrogen-bond donors (Lipinski definition) is 0. The number of rotatable bonds is 0. The fraction of sp³-hybridized carbons (Fsp3) is 0.882. The van der Waals surface area contributed by atoms with E-state index in [9.17, 15) is 0 Å². The minimum absolute atomic E-state index is 0.580. The second-order valence-electron chi connectivity index (χ2n) is 5.47. The van der Waals surface area contributed by atoms with E-state index in [0.29, 0.717) is 5.41 Å². The molecule has 18 heavy (non-hydrogen) atoms. The van der Waals surface area contributed by atoms with Crippen molar-refractivity contribution in [2.45, 2.75) is 67.7 Å². The quantitative estimate of drug-likeness (QED) is 0.541. The summed E-state index contributed by atoms with van der Waals surface area (Å²) in [6, 6.07) is 0. The van der Waals surface area contributed by atoms with Crippen LogP contribution in [-0.4, -0.2) is 25.0 Å². The summed E-state index contributed by atoms with van der Waals surface area (Å²) in [6.07, 6.45) is 4.11. The molecule has 1 aliphatic heterocycles. The van der Waals surface area contributed by atoms with Crippen molar-refractivity contribution in [1.29, 1.82) is 0 Å². The largest absolute Gasteiger partial charge is 0.306 e. The van der Waals surface area contributed by atoms with Gasteiger partial charge in [0, 0.05) is 0 Å². The number of likely N-dealkylation sites (tertiary alicyclic amines) is 1. The first-order valence-electron chi connectivity index (χ1n) is 7.91. The third-order valence-electron chi connectivity index (χ3n) is 4.82. The minimum atomic E-state index is 0.580. The molecule has 1 heterocycles. The van der Waals surface area contributed by atoms with Crippen LogP contribution in [0, 0.1) is 11.3 Å². The van der Waals surface area contributed by atoms with Gasteiger partial charge in [-0.3, -0.25) is 0 Å². The van der Waals surface area contributed by atoms with Gasteiger partial charge >= 0.3 is 0 Å². The maximum Gasteiger partial charge on any atom is -0.00133 e. The SMILES string of the molecule is CC.CC.CC1=C(C)C2(CCN(C)CC2)C(C)C1. The Bertz CT molecular complexity index is 257. The molecule has 0 amide bonds. The van der Waals surface area contributed by atoms with Gasteiger partial charge in [-0.15, -0.1) is 0 Å². The molecule has 0 bridgehead atoms. The van der Waals surface area contributed by atoms with E-state index in [0.717, 1.165) is 5.92 Å². The zero-order valence-electron chi connectivity index (χ0n) is 14.1. The first kappa shape index (κ1) is 17.7. The lowest BCUT2D eigenvalue weighted by atomic mass is 9.68. The van der Waals surface area contributed by atoms with Crippen LogP contribution < -0.4 is 0 Å². The molecule has 1 saturated heterocycles. The zero-order valence-corrected chi connectivity index (χ0v) is 14.1. The Hall–Kier alpha value is -0.300. The Kier molecular flexibility index (Phi) is 7.86. The lowest BCUT2D eigenvalue weighted by Gasteiger charge is -2.42. The summed E-state index contributed by atoms with van der Waals surface area (Å²) < 4.78 is 0. The number of hydrogen-bond acceptors (Lipinski definition) is 1. The van der Waals surface area contributed by atoms with Crippen molar-refractivity contribution in [1.82, 2.24) is 4.90 Å². The highest BCUT2D eigenvalue weighted by molar-refractivity contribution is 5.28. The Labute approximate surface area is 116 Å². The van der Waals surface area contributed by atoms with Gasteiger partial charge in [-0.05, 0) is 64.6 Å². The standard InChI is InChI=1S/C13H23N.2C2H6/c1-10-9-11(2)13(12(10)3)5-7-14(4)8-6-13;2*1-2/h11H,5-9H2,1-4H3;2*1-2H3. The molecule has 0 aromatic heterocycles. The first-order chi connectivity index (χ1) is 8.56. The van der Waals surface area contributed by atoms with E-state index in [1.54, 1.807) is 11.1 Å². The van der Waals surface area contributed by atoms with E-state index in [2.05, 4.69) is 32.7 Å². The molecule has 108 valence electrons. The predicted molar refractivity (Wildman–Crippen MR) is 84.0 cm³/mol. The summed E-state index contributed by atoms with van der Waals surface area (Å²) >= 11 is 0. The Morgan fingerprint density at radius 1 is 1.00 bits per heavy atom. The lowest BCUT2D eigenvalue weighted by Crippen LogP contribution is -2.40.